The number of methoxy groups -OCH3 is 1. The van der Waals surface area contributed by atoms with Crippen molar-refractivity contribution in [2.24, 2.45) is 4.99 Å². The van der Waals surface area contributed by atoms with Gasteiger partial charge in [-0.2, -0.15) is 0 Å². The van der Waals surface area contributed by atoms with Gasteiger partial charge in [-0.3, -0.25) is 25.0 Å². The van der Waals surface area contributed by atoms with E-state index in [-0.39, 0.29) is 11.2 Å². The highest BCUT2D eigenvalue weighted by atomic mass is 16.6. The smallest absolute Gasteiger partial charge is 0.280 e. The lowest BCUT2D eigenvalue weighted by Crippen LogP contribution is -2.19. The lowest BCUT2D eigenvalue weighted by atomic mass is 10.0. The van der Waals surface area contributed by atoms with Crippen LogP contribution in [0, 0.1) is 17.0 Å². The molecule has 0 aliphatic carbocycles. The van der Waals surface area contributed by atoms with E-state index in [0.29, 0.717) is 34.1 Å². The Labute approximate surface area is 189 Å². The number of aromatic nitrogens is 2. The molecular weight excluding hydrogens is 420 g/mol. The molecule has 0 bridgehead atoms. The van der Waals surface area contributed by atoms with E-state index in [0.717, 1.165) is 11.1 Å². The summed E-state index contributed by atoms with van der Waals surface area (Å²) in [6.45, 7) is 3.55. The minimum atomic E-state index is -0.463. The number of aliphatic imine (C=N–C) groups is 1. The third kappa shape index (κ3) is 4.31. The average Bonchev–Trinajstić information content (AvgIpc) is 3.18. The van der Waals surface area contributed by atoms with Gasteiger partial charge >= 0.3 is 0 Å². The second kappa shape index (κ2) is 8.96. The van der Waals surface area contributed by atoms with Crippen LogP contribution < -0.4 is 10.3 Å². The predicted molar refractivity (Wildman–Crippen MR) is 128 cm³/mol. The maximum atomic E-state index is 13.5. The molecule has 4 aromatic rings. The van der Waals surface area contributed by atoms with Gasteiger partial charge < -0.3 is 4.74 Å². The standard InChI is InChI=1S/C25H22N4O4/c1-16-9-12-20(29(31)32)15-22(16)26-17(2)23-24(18-10-13-21(33-3)14-11-18)27-28(25(23)30)19-7-5-4-6-8-19/h4-15,27H,1-3H3. The van der Waals surface area contributed by atoms with Crippen molar-refractivity contribution in [3.05, 3.63) is 104 Å². The molecule has 0 amide bonds. The van der Waals surface area contributed by atoms with Gasteiger partial charge in [-0.15, -0.1) is 0 Å². The summed E-state index contributed by atoms with van der Waals surface area (Å²) in [5.74, 6) is 0.697. The van der Waals surface area contributed by atoms with E-state index in [1.54, 1.807) is 20.1 Å². The first-order valence-electron chi connectivity index (χ1n) is 10.2. The topological polar surface area (TPSA) is 103 Å². The Balaban J connectivity index is 1.92. The summed E-state index contributed by atoms with van der Waals surface area (Å²) in [5.41, 5.74) is 3.77. The zero-order valence-electron chi connectivity index (χ0n) is 18.4. The minimum Gasteiger partial charge on any atom is -0.497 e. The highest BCUT2D eigenvalue weighted by molar-refractivity contribution is 6.05. The normalized spacial score (nSPS) is 11.4. The molecule has 0 saturated carbocycles. The van der Waals surface area contributed by atoms with E-state index in [9.17, 15) is 14.9 Å². The van der Waals surface area contributed by atoms with Crippen LogP contribution in [0.1, 0.15) is 18.1 Å². The molecule has 166 valence electrons. The fraction of sp³-hybridized carbons (Fsp3) is 0.120. The summed E-state index contributed by atoms with van der Waals surface area (Å²) in [6.07, 6.45) is 0. The number of para-hydroxylation sites is 1. The van der Waals surface area contributed by atoms with Crippen LogP contribution in [0.2, 0.25) is 0 Å². The van der Waals surface area contributed by atoms with Gasteiger partial charge in [0.25, 0.3) is 11.2 Å². The summed E-state index contributed by atoms with van der Waals surface area (Å²) in [4.78, 5) is 28.9. The maximum absolute atomic E-state index is 13.5. The Morgan fingerprint density at radius 1 is 1.06 bits per heavy atom. The molecule has 0 spiro atoms. The van der Waals surface area contributed by atoms with Crippen molar-refractivity contribution < 1.29 is 9.66 Å². The molecule has 1 N–H and O–H groups in total. The molecule has 33 heavy (non-hydrogen) atoms. The number of H-pyrrole nitrogens is 1. The van der Waals surface area contributed by atoms with Crippen LogP contribution in [0.4, 0.5) is 11.4 Å². The summed E-state index contributed by atoms with van der Waals surface area (Å²) >= 11 is 0. The third-order valence-electron chi connectivity index (χ3n) is 5.34. The van der Waals surface area contributed by atoms with Gasteiger partial charge in [0.15, 0.2) is 0 Å². The van der Waals surface area contributed by atoms with Gasteiger partial charge in [0, 0.05) is 17.7 Å². The monoisotopic (exact) mass is 442 g/mol. The summed E-state index contributed by atoms with van der Waals surface area (Å²) < 4.78 is 6.71. The number of benzene rings is 3. The van der Waals surface area contributed by atoms with Gasteiger partial charge in [0.1, 0.15) is 5.75 Å². The van der Waals surface area contributed by atoms with Crippen LogP contribution in [-0.2, 0) is 0 Å². The fourth-order valence-corrected chi connectivity index (χ4v) is 3.57. The van der Waals surface area contributed by atoms with Crippen LogP contribution in [0.25, 0.3) is 16.9 Å². The average molecular weight is 442 g/mol. The number of nitro benzene ring substituents is 1. The van der Waals surface area contributed by atoms with E-state index < -0.39 is 4.92 Å². The number of rotatable bonds is 6. The van der Waals surface area contributed by atoms with E-state index in [1.165, 1.54) is 16.8 Å². The van der Waals surface area contributed by atoms with Crippen LogP contribution >= 0.6 is 0 Å². The Morgan fingerprint density at radius 3 is 2.39 bits per heavy atom. The van der Waals surface area contributed by atoms with Crippen LogP contribution in [0.3, 0.4) is 0 Å². The van der Waals surface area contributed by atoms with E-state index >= 15 is 0 Å². The third-order valence-corrected chi connectivity index (χ3v) is 5.34. The van der Waals surface area contributed by atoms with Crippen molar-refractivity contribution in [3.63, 3.8) is 0 Å². The van der Waals surface area contributed by atoms with Crippen molar-refractivity contribution in [2.75, 3.05) is 7.11 Å². The molecule has 0 saturated heterocycles. The first-order chi connectivity index (χ1) is 15.9. The van der Waals surface area contributed by atoms with Gasteiger partial charge in [-0.1, -0.05) is 24.3 Å². The quantitative estimate of drug-likeness (QED) is 0.252. The van der Waals surface area contributed by atoms with E-state index in [4.69, 9.17) is 4.74 Å². The summed E-state index contributed by atoms with van der Waals surface area (Å²) in [7, 11) is 1.59. The van der Waals surface area contributed by atoms with Crippen molar-refractivity contribution in [3.8, 4) is 22.7 Å². The number of nitro groups is 1. The van der Waals surface area contributed by atoms with Crippen LogP contribution in [0.15, 0.2) is 82.6 Å². The highest BCUT2D eigenvalue weighted by Gasteiger charge is 2.20. The SMILES string of the molecule is COc1ccc(-c2[nH]n(-c3ccccc3)c(=O)c2C(C)=Nc2cc([N+](=O)[O-])ccc2C)cc1. The molecular formula is C25H22N4O4. The molecule has 1 heterocycles. The van der Waals surface area contributed by atoms with Gasteiger partial charge in [0.2, 0.25) is 0 Å². The summed E-state index contributed by atoms with van der Waals surface area (Å²) in [5, 5.41) is 14.4. The molecule has 0 unspecified atom stereocenters. The predicted octanol–water partition coefficient (Wildman–Crippen LogP) is 5.20. The number of aryl methyl sites for hydroxylation is 1. The first-order valence-corrected chi connectivity index (χ1v) is 10.2. The molecule has 0 radical (unpaired) electrons. The minimum absolute atomic E-state index is 0.0571. The fourth-order valence-electron chi connectivity index (χ4n) is 3.57. The molecule has 8 heteroatoms. The number of non-ortho nitro benzene ring substituents is 1. The number of aromatic amines is 1. The molecule has 0 aliphatic heterocycles. The number of nitrogens with one attached hydrogen (secondary N) is 1. The molecule has 0 fully saturated rings. The largest absolute Gasteiger partial charge is 0.497 e. The number of hydrogen-bond acceptors (Lipinski definition) is 5. The number of ether oxygens (including phenoxy) is 1. The molecule has 4 rings (SSSR count). The molecule has 1 aromatic heterocycles. The Morgan fingerprint density at radius 2 is 1.76 bits per heavy atom. The van der Waals surface area contributed by atoms with Gasteiger partial charge in [-0.05, 0) is 55.8 Å². The Kier molecular flexibility index (Phi) is 5.91. The number of nitrogens with zero attached hydrogens (tertiary/aromatic N) is 3. The first kappa shape index (κ1) is 21.8. The molecule has 8 nitrogen and oxygen atoms in total. The second-order valence-corrected chi connectivity index (χ2v) is 7.49. The van der Waals surface area contributed by atoms with E-state index in [1.807, 2.05) is 61.5 Å². The molecule has 0 aliphatic rings. The lowest BCUT2D eigenvalue weighted by molar-refractivity contribution is -0.384. The number of hydrogen-bond donors (Lipinski definition) is 1. The zero-order valence-corrected chi connectivity index (χ0v) is 18.4. The highest BCUT2D eigenvalue weighted by Crippen LogP contribution is 2.28. The van der Waals surface area contributed by atoms with Crippen molar-refractivity contribution in [2.45, 2.75) is 13.8 Å². The van der Waals surface area contributed by atoms with Gasteiger partial charge in [0.05, 0.1) is 40.4 Å². The van der Waals surface area contributed by atoms with Crippen molar-refractivity contribution >= 4 is 17.1 Å². The van der Waals surface area contributed by atoms with E-state index in [2.05, 4.69) is 10.1 Å². The molecule has 3 aromatic carbocycles. The lowest BCUT2D eigenvalue weighted by Gasteiger charge is -2.06. The second-order valence-electron chi connectivity index (χ2n) is 7.49. The Bertz CT molecular complexity index is 1400. The van der Waals surface area contributed by atoms with Crippen LogP contribution in [0.5, 0.6) is 5.75 Å². The van der Waals surface area contributed by atoms with Crippen molar-refractivity contribution in [1.29, 1.82) is 0 Å². The molecule has 0 atom stereocenters. The summed E-state index contributed by atoms with van der Waals surface area (Å²) in [6, 6.07) is 21.1. The van der Waals surface area contributed by atoms with Crippen LogP contribution in [-0.4, -0.2) is 27.5 Å². The van der Waals surface area contributed by atoms with Crippen molar-refractivity contribution in [1.82, 2.24) is 9.78 Å². The Hall–Kier alpha value is -4.46. The maximum Gasteiger partial charge on any atom is 0.280 e. The zero-order chi connectivity index (χ0) is 23.5. The van der Waals surface area contributed by atoms with Gasteiger partial charge in [-0.25, -0.2) is 4.68 Å².